The van der Waals surface area contributed by atoms with E-state index in [4.69, 9.17) is 0 Å². The van der Waals surface area contributed by atoms with E-state index in [0.29, 0.717) is 10.8 Å². The summed E-state index contributed by atoms with van der Waals surface area (Å²) in [4.78, 5) is 0. The zero-order chi connectivity index (χ0) is 32.4. The van der Waals surface area contributed by atoms with E-state index >= 15 is 0 Å². The van der Waals surface area contributed by atoms with Crippen molar-refractivity contribution in [2.75, 3.05) is 0 Å². The summed E-state index contributed by atoms with van der Waals surface area (Å²) in [5.74, 6) is 19.6. The summed E-state index contributed by atoms with van der Waals surface area (Å²) in [6, 6.07) is 0. The molecule has 9 aliphatic rings. The summed E-state index contributed by atoms with van der Waals surface area (Å²) in [6.45, 7) is 19.5. The minimum Gasteiger partial charge on any atom is -0.0625 e. The monoisotopic (exact) mass is 643 g/mol. The molecule has 18 atom stereocenters. The van der Waals surface area contributed by atoms with Crippen LogP contribution >= 0.6 is 0 Å². The second-order valence-electron chi connectivity index (χ2n) is 22.3. The molecule has 0 radical (unpaired) electrons. The van der Waals surface area contributed by atoms with Crippen molar-refractivity contribution < 1.29 is 0 Å². The molecule has 0 amide bonds. The summed E-state index contributed by atoms with van der Waals surface area (Å²) in [7, 11) is 0. The molecule has 9 rings (SSSR count). The number of fused-ring (bicyclic) bond motifs is 13. The number of hydrogen-bond donors (Lipinski definition) is 0. The van der Waals surface area contributed by atoms with Crippen LogP contribution in [-0.4, -0.2) is 0 Å². The topological polar surface area (TPSA) is 0 Å². The van der Waals surface area contributed by atoms with Gasteiger partial charge in [0.1, 0.15) is 0 Å². The summed E-state index contributed by atoms with van der Waals surface area (Å²) in [5.41, 5.74) is 1.22. The predicted octanol–water partition coefficient (Wildman–Crippen LogP) is 13.3. The molecule has 9 aliphatic carbocycles. The molecular weight excluding hydrogens is 565 g/mol. The van der Waals surface area contributed by atoms with Gasteiger partial charge in [-0.3, -0.25) is 0 Å². The van der Waals surface area contributed by atoms with Crippen molar-refractivity contribution in [3.63, 3.8) is 0 Å². The van der Waals surface area contributed by atoms with Crippen LogP contribution < -0.4 is 0 Å². The molecule has 0 aliphatic heterocycles. The van der Waals surface area contributed by atoms with E-state index < -0.39 is 0 Å². The molecular formula is C47H78. The maximum Gasteiger partial charge on any atom is -0.0194 e. The molecule has 1 spiro atoms. The predicted molar refractivity (Wildman–Crippen MR) is 199 cm³/mol. The Hall–Kier alpha value is 0. The maximum atomic E-state index is 2.90. The van der Waals surface area contributed by atoms with Crippen molar-refractivity contribution in [1.29, 1.82) is 0 Å². The Kier molecular flexibility index (Phi) is 8.41. The third-order valence-electron chi connectivity index (χ3n) is 20.0. The van der Waals surface area contributed by atoms with Crippen LogP contribution in [0, 0.1) is 123 Å². The molecule has 0 bridgehead atoms. The molecule has 9 fully saturated rings. The van der Waals surface area contributed by atoms with E-state index in [9.17, 15) is 0 Å². The van der Waals surface area contributed by atoms with Crippen LogP contribution in [0.1, 0.15) is 170 Å². The lowest BCUT2D eigenvalue weighted by Crippen LogP contribution is -2.57. The highest BCUT2D eigenvalue weighted by Crippen LogP contribution is 2.81. The summed E-state index contributed by atoms with van der Waals surface area (Å²) < 4.78 is 0. The zero-order valence-corrected chi connectivity index (χ0v) is 32.4. The molecule has 18 unspecified atom stereocenters. The molecule has 0 nitrogen and oxygen atoms in total. The molecule has 0 heterocycles. The molecule has 266 valence electrons. The van der Waals surface area contributed by atoms with Gasteiger partial charge >= 0.3 is 0 Å². The van der Waals surface area contributed by atoms with Crippen molar-refractivity contribution in [1.82, 2.24) is 0 Å². The van der Waals surface area contributed by atoms with Gasteiger partial charge in [-0.2, -0.15) is 0 Å². The highest BCUT2D eigenvalue weighted by molar-refractivity contribution is 5.23. The Morgan fingerprint density at radius 1 is 0.489 bits per heavy atom. The van der Waals surface area contributed by atoms with Crippen molar-refractivity contribution in [2.45, 2.75) is 170 Å². The number of rotatable bonds is 2. The summed E-state index contributed by atoms with van der Waals surface area (Å²) >= 11 is 0. The van der Waals surface area contributed by atoms with E-state index in [1.165, 1.54) is 12.8 Å². The van der Waals surface area contributed by atoms with E-state index in [-0.39, 0.29) is 0 Å². The van der Waals surface area contributed by atoms with Gasteiger partial charge in [0.25, 0.3) is 0 Å². The van der Waals surface area contributed by atoms with Crippen LogP contribution in [0.25, 0.3) is 0 Å². The standard InChI is InChI=1S/C47H78/c1-27(2)37-25-38-41-40-36-22-21-31-15-11-12-18-33(31)44(36)46(6,7)39(40)24-30(5)43(41)47(45(38)35-20-14-13-19-34(35)37)26-28(3)23-29(4)42(47)32-16-9-8-10-17-32/h27-45H,8-26H2,1-7H3. The molecule has 0 N–H and O–H groups in total. The Balaban J connectivity index is 1.22. The summed E-state index contributed by atoms with van der Waals surface area (Å²) in [6.07, 6.45) is 30.0. The minimum absolute atomic E-state index is 0.565. The lowest BCUT2D eigenvalue weighted by atomic mass is 9.42. The van der Waals surface area contributed by atoms with Gasteiger partial charge < -0.3 is 0 Å². The fraction of sp³-hybridized carbons (Fsp3) is 1.00. The zero-order valence-electron chi connectivity index (χ0n) is 32.4. The van der Waals surface area contributed by atoms with Crippen molar-refractivity contribution in [2.24, 2.45) is 123 Å². The molecule has 9 saturated carbocycles. The fourth-order valence-corrected chi connectivity index (χ4v) is 19.7. The van der Waals surface area contributed by atoms with Gasteiger partial charge in [-0.1, -0.05) is 113 Å². The van der Waals surface area contributed by atoms with Crippen LogP contribution in [0.3, 0.4) is 0 Å². The average molecular weight is 643 g/mol. The molecule has 47 heavy (non-hydrogen) atoms. The average Bonchev–Trinajstić information content (AvgIpc) is 3.46. The van der Waals surface area contributed by atoms with Crippen LogP contribution in [0.5, 0.6) is 0 Å². The third-order valence-corrected chi connectivity index (χ3v) is 20.0. The normalized spacial score (nSPS) is 57.1. The SMILES string of the molecule is CC1CC(C)C(C2CCCCC2)C2(C1)C1C3CCCCC3C(C(C)C)CC1C1C3C4CCC5CCCCC5C4C(C)(C)C3CC(C)C12. The molecule has 0 heteroatoms. The van der Waals surface area contributed by atoms with Crippen LogP contribution in [0.15, 0.2) is 0 Å². The summed E-state index contributed by atoms with van der Waals surface area (Å²) in [5, 5.41) is 0. The van der Waals surface area contributed by atoms with E-state index in [2.05, 4.69) is 48.5 Å². The molecule has 0 saturated heterocycles. The van der Waals surface area contributed by atoms with Gasteiger partial charge in [-0.05, 0) is 181 Å². The molecule has 0 aromatic rings. The lowest BCUT2D eigenvalue weighted by Gasteiger charge is -2.63. The Morgan fingerprint density at radius 3 is 1.87 bits per heavy atom. The lowest BCUT2D eigenvalue weighted by molar-refractivity contribution is -0.148. The third kappa shape index (κ3) is 4.68. The van der Waals surface area contributed by atoms with Gasteiger partial charge in [0, 0.05) is 0 Å². The smallest absolute Gasteiger partial charge is 0.0194 e. The van der Waals surface area contributed by atoms with Crippen LogP contribution in [0.2, 0.25) is 0 Å². The van der Waals surface area contributed by atoms with Crippen LogP contribution in [0.4, 0.5) is 0 Å². The first-order chi connectivity index (χ1) is 22.6. The second-order valence-corrected chi connectivity index (χ2v) is 22.3. The van der Waals surface area contributed by atoms with E-state index in [1.807, 2.05) is 0 Å². The first-order valence-electron chi connectivity index (χ1n) is 22.6. The van der Waals surface area contributed by atoms with Crippen LogP contribution in [-0.2, 0) is 0 Å². The van der Waals surface area contributed by atoms with E-state index in [1.54, 1.807) is 109 Å². The minimum atomic E-state index is 0.565. The van der Waals surface area contributed by atoms with Gasteiger partial charge in [-0.15, -0.1) is 0 Å². The van der Waals surface area contributed by atoms with Gasteiger partial charge in [0.15, 0.2) is 0 Å². The maximum absolute atomic E-state index is 2.90. The largest absolute Gasteiger partial charge is 0.0625 e. The Bertz CT molecular complexity index is 1120. The van der Waals surface area contributed by atoms with Crippen molar-refractivity contribution in [3.8, 4) is 0 Å². The van der Waals surface area contributed by atoms with Gasteiger partial charge in [-0.25, -0.2) is 0 Å². The molecule has 0 aromatic carbocycles. The quantitative estimate of drug-likeness (QED) is 0.281. The van der Waals surface area contributed by atoms with Gasteiger partial charge in [0.2, 0.25) is 0 Å². The molecule has 0 aromatic heterocycles. The Labute approximate surface area is 292 Å². The van der Waals surface area contributed by atoms with E-state index in [0.717, 1.165) is 112 Å². The first-order valence-corrected chi connectivity index (χ1v) is 22.6. The highest BCUT2D eigenvalue weighted by Gasteiger charge is 2.75. The fourth-order valence-electron chi connectivity index (χ4n) is 19.7. The second kappa shape index (κ2) is 12.0. The van der Waals surface area contributed by atoms with Crippen molar-refractivity contribution >= 4 is 0 Å². The first kappa shape index (κ1) is 32.9. The van der Waals surface area contributed by atoms with Gasteiger partial charge in [0.05, 0.1) is 0 Å². The Morgan fingerprint density at radius 2 is 1.13 bits per heavy atom. The highest BCUT2D eigenvalue weighted by atomic mass is 14.8. The van der Waals surface area contributed by atoms with Crippen molar-refractivity contribution in [3.05, 3.63) is 0 Å². The number of hydrogen-bond acceptors (Lipinski definition) is 0.